The molecule has 1 saturated carbocycles. The van der Waals surface area contributed by atoms with Crippen molar-refractivity contribution in [2.24, 2.45) is 23.2 Å². The average molecular weight is 202 g/mol. The van der Waals surface area contributed by atoms with E-state index in [1.807, 2.05) is 5.57 Å². The second-order valence-corrected chi connectivity index (χ2v) is 6.42. The van der Waals surface area contributed by atoms with Crippen molar-refractivity contribution in [1.29, 1.82) is 0 Å². The van der Waals surface area contributed by atoms with Gasteiger partial charge in [0.25, 0.3) is 0 Å². The highest BCUT2D eigenvalue weighted by molar-refractivity contribution is 5.40. The van der Waals surface area contributed by atoms with Crippen LogP contribution in [0.25, 0.3) is 0 Å². The van der Waals surface area contributed by atoms with Crippen LogP contribution in [0.1, 0.15) is 47.0 Å². The normalized spacial score (nSPS) is 41.9. The van der Waals surface area contributed by atoms with E-state index in [0.29, 0.717) is 5.41 Å². The molecule has 0 aromatic heterocycles. The Morgan fingerprint density at radius 3 is 2.73 bits per heavy atom. The van der Waals surface area contributed by atoms with Gasteiger partial charge in [-0.15, -0.1) is 0 Å². The molecule has 0 spiro atoms. The second-order valence-electron chi connectivity index (χ2n) is 6.42. The standard InChI is InChI=1S/C15H22/c1-9-6-8-12-14(15(12,3)4)13-10(2)5-7-11(9)13/h6,11-12,14H,5,7-8H2,1-4H3. The topological polar surface area (TPSA) is 0 Å². The van der Waals surface area contributed by atoms with E-state index in [2.05, 4.69) is 33.8 Å². The summed E-state index contributed by atoms with van der Waals surface area (Å²) in [5.41, 5.74) is 5.81. The highest BCUT2D eigenvalue weighted by atomic mass is 14.6. The molecule has 1 fully saturated rings. The van der Waals surface area contributed by atoms with Crippen molar-refractivity contribution < 1.29 is 0 Å². The van der Waals surface area contributed by atoms with Crippen LogP contribution < -0.4 is 0 Å². The van der Waals surface area contributed by atoms with E-state index in [1.165, 1.54) is 19.3 Å². The smallest absolute Gasteiger partial charge is 0.00129 e. The van der Waals surface area contributed by atoms with Crippen LogP contribution in [0.15, 0.2) is 22.8 Å². The van der Waals surface area contributed by atoms with E-state index >= 15 is 0 Å². The fourth-order valence-corrected chi connectivity index (χ4v) is 4.17. The van der Waals surface area contributed by atoms with Gasteiger partial charge in [-0.1, -0.05) is 36.6 Å². The van der Waals surface area contributed by atoms with Crippen LogP contribution in [-0.2, 0) is 0 Å². The van der Waals surface area contributed by atoms with E-state index in [0.717, 1.165) is 17.8 Å². The van der Waals surface area contributed by atoms with Gasteiger partial charge >= 0.3 is 0 Å². The SMILES string of the molecule is CC1=CCC2C(C3=C(C)CCC13)C2(C)C. The predicted molar refractivity (Wildman–Crippen MR) is 64.6 cm³/mol. The molecule has 82 valence electrons. The van der Waals surface area contributed by atoms with Crippen molar-refractivity contribution >= 4 is 0 Å². The maximum Gasteiger partial charge on any atom is 0.00129 e. The summed E-state index contributed by atoms with van der Waals surface area (Å²) in [5.74, 6) is 2.68. The maximum atomic E-state index is 2.53. The highest BCUT2D eigenvalue weighted by Crippen LogP contribution is 2.68. The van der Waals surface area contributed by atoms with Gasteiger partial charge in [0.15, 0.2) is 0 Å². The average Bonchev–Trinajstić information content (AvgIpc) is 2.55. The molecule has 3 aliphatic rings. The number of hydrogen-bond donors (Lipinski definition) is 0. The Bertz CT molecular complexity index is 367. The van der Waals surface area contributed by atoms with Crippen LogP contribution >= 0.6 is 0 Å². The van der Waals surface area contributed by atoms with Gasteiger partial charge < -0.3 is 0 Å². The third-order valence-electron chi connectivity index (χ3n) is 5.31. The summed E-state index contributed by atoms with van der Waals surface area (Å²) < 4.78 is 0. The second kappa shape index (κ2) is 2.78. The first-order valence-corrected chi connectivity index (χ1v) is 6.39. The lowest BCUT2D eigenvalue weighted by molar-refractivity contribution is 0.530. The Morgan fingerprint density at radius 1 is 1.27 bits per heavy atom. The van der Waals surface area contributed by atoms with Gasteiger partial charge in [0.05, 0.1) is 0 Å². The number of fused-ring (bicyclic) bond motifs is 3. The summed E-state index contributed by atoms with van der Waals surface area (Å²) in [5, 5.41) is 0. The molecule has 3 unspecified atom stereocenters. The molecule has 15 heavy (non-hydrogen) atoms. The number of hydrogen-bond acceptors (Lipinski definition) is 0. The van der Waals surface area contributed by atoms with Crippen LogP contribution in [0, 0.1) is 23.2 Å². The minimum absolute atomic E-state index is 0.594. The third-order valence-corrected chi connectivity index (χ3v) is 5.31. The molecule has 0 amide bonds. The molecule has 0 N–H and O–H groups in total. The van der Waals surface area contributed by atoms with Crippen molar-refractivity contribution in [3.8, 4) is 0 Å². The first kappa shape index (κ1) is 9.69. The lowest BCUT2D eigenvalue weighted by Crippen LogP contribution is -2.06. The van der Waals surface area contributed by atoms with Gasteiger partial charge in [-0.2, -0.15) is 0 Å². The lowest BCUT2D eigenvalue weighted by atomic mass is 9.87. The lowest BCUT2D eigenvalue weighted by Gasteiger charge is -2.17. The van der Waals surface area contributed by atoms with Gasteiger partial charge in [0.2, 0.25) is 0 Å². The zero-order valence-electron chi connectivity index (χ0n) is 10.4. The molecule has 0 nitrogen and oxygen atoms in total. The quantitative estimate of drug-likeness (QED) is 0.513. The van der Waals surface area contributed by atoms with Crippen molar-refractivity contribution in [3.05, 3.63) is 22.8 Å². The van der Waals surface area contributed by atoms with Crippen LogP contribution in [0.4, 0.5) is 0 Å². The molecule has 0 bridgehead atoms. The Labute approximate surface area is 93.5 Å². The summed E-state index contributed by atoms with van der Waals surface area (Å²) in [7, 11) is 0. The predicted octanol–water partition coefficient (Wildman–Crippen LogP) is 4.34. The van der Waals surface area contributed by atoms with Gasteiger partial charge in [0.1, 0.15) is 0 Å². The Hall–Kier alpha value is -0.520. The molecule has 3 atom stereocenters. The van der Waals surface area contributed by atoms with Crippen LogP contribution in [0.3, 0.4) is 0 Å². The first-order chi connectivity index (χ1) is 7.03. The molecule has 0 radical (unpaired) electrons. The van der Waals surface area contributed by atoms with Gasteiger partial charge in [-0.25, -0.2) is 0 Å². The molecule has 0 aliphatic heterocycles. The summed E-state index contributed by atoms with van der Waals surface area (Å²) in [4.78, 5) is 0. The van der Waals surface area contributed by atoms with Gasteiger partial charge in [0, 0.05) is 5.92 Å². The molecule has 0 aromatic rings. The van der Waals surface area contributed by atoms with E-state index in [4.69, 9.17) is 0 Å². The number of allylic oxidation sites excluding steroid dienone is 4. The Morgan fingerprint density at radius 2 is 2.00 bits per heavy atom. The molecule has 0 saturated heterocycles. The fourth-order valence-electron chi connectivity index (χ4n) is 4.17. The van der Waals surface area contributed by atoms with E-state index in [-0.39, 0.29) is 0 Å². The van der Waals surface area contributed by atoms with Crippen molar-refractivity contribution in [2.45, 2.75) is 47.0 Å². The molecular weight excluding hydrogens is 180 g/mol. The number of rotatable bonds is 0. The monoisotopic (exact) mass is 202 g/mol. The van der Waals surface area contributed by atoms with E-state index in [1.54, 1.807) is 11.1 Å². The summed E-state index contributed by atoms with van der Waals surface area (Å²) in [6.45, 7) is 9.65. The molecule has 3 aliphatic carbocycles. The van der Waals surface area contributed by atoms with E-state index < -0.39 is 0 Å². The highest BCUT2D eigenvalue weighted by Gasteiger charge is 2.60. The van der Waals surface area contributed by atoms with Crippen LogP contribution in [-0.4, -0.2) is 0 Å². The Kier molecular flexibility index (Phi) is 1.80. The van der Waals surface area contributed by atoms with Gasteiger partial charge in [-0.05, 0) is 50.4 Å². The molecular formula is C15H22. The molecule has 0 heterocycles. The molecule has 3 rings (SSSR count). The van der Waals surface area contributed by atoms with Crippen LogP contribution in [0.5, 0.6) is 0 Å². The largest absolute Gasteiger partial charge is 0.0847 e. The van der Waals surface area contributed by atoms with E-state index in [9.17, 15) is 0 Å². The van der Waals surface area contributed by atoms with Crippen LogP contribution in [0.2, 0.25) is 0 Å². The van der Waals surface area contributed by atoms with Crippen molar-refractivity contribution in [1.82, 2.24) is 0 Å². The van der Waals surface area contributed by atoms with Gasteiger partial charge in [-0.3, -0.25) is 0 Å². The van der Waals surface area contributed by atoms with Crippen molar-refractivity contribution in [3.63, 3.8) is 0 Å². The summed E-state index contributed by atoms with van der Waals surface area (Å²) >= 11 is 0. The summed E-state index contributed by atoms with van der Waals surface area (Å²) in [6, 6.07) is 0. The maximum absolute atomic E-state index is 2.53. The minimum atomic E-state index is 0.594. The fraction of sp³-hybridized carbons (Fsp3) is 0.733. The minimum Gasteiger partial charge on any atom is -0.0847 e. The summed E-state index contributed by atoms with van der Waals surface area (Å²) in [6.07, 6.45) is 6.60. The zero-order chi connectivity index (χ0) is 10.8. The zero-order valence-corrected chi connectivity index (χ0v) is 10.4. The molecule has 0 aromatic carbocycles. The molecule has 0 heteroatoms. The van der Waals surface area contributed by atoms with Crippen molar-refractivity contribution in [2.75, 3.05) is 0 Å². The Balaban J connectivity index is 2.06. The first-order valence-electron chi connectivity index (χ1n) is 6.39. The third kappa shape index (κ3) is 1.14.